The molecule has 4 heterocycles. The van der Waals surface area contributed by atoms with Crippen LogP contribution in [0.1, 0.15) is 12.0 Å². The van der Waals surface area contributed by atoms with Crippen LogP contribution >= 0.6 is 0 Å². The smallest absolute Gasteiger partial charge is 0.227 e. The number of hydrogen-bond donors (Lipinski definition) is 2. The zero-order valence-corrected chi connectivity index (χ0v) is 14.7. The maximum absolute atomic E-state index is 9.73. The predicted octanol–water partition coefficient (Wildman–Crippen LogP) is 1.46. The second kappa shape index (κ2) is 7.01. The molecule has 1 fully saturated rings. The van der Waals surface area contributed by atoms with Crippen LogP contribution in [0.2, 0.25) is 0 Å². The van der Waals surface area contributed by atoms with Crippen LogP contribution in [0.4, 0.5) is 17.5 Å². The molecule has 3 aromatic rings. The van der Waals surface area contributed by atoms with Crippen molar-refractivity contribution in [3.8, 4) is 17.3 Å². The second-order valence-corrected chi connectivity index (χ2v) is 6.39. The molecule has 1 aliphatic heterocycles. The third-order valence-corrected chi connectivity index (χ3v) is 4.36. The molecule has 0 radical (unpaired) electrons. The molecule has 27 heavy (non-hydrogen) atoms. The van der Waals surface area contributed by atoms with Gasteiger partial charge in [0.05, 0.1) is 29.2 Å². The number of hydrogen-bond acceptors (Lipinski definition) is 8. The van der Waals surface area contributed by atoms with E-state index in [9.17, 15) is 10.4 Å². The number of nitrogens with one attached hydrogen (secondary N) is 1. The van der Waals surface area contributed by atoms with Crippen molar-refractivity contribution in [3.63, 3.8) is 0 Å². The van der Waals surface area contributed by atoms with Gasteiger partial charge in [-0.3, -0.25) is 4.68 Å². The molecule has 9 nitrogen and oxygen atoms in total. The highest BCUT2D eigenvalue weighted by Gasteiger charge is 2.23. The minimum atomic E-state index is -0.374. The summed E-state index contributed by atoms with van der Waals surface area (Å²) in [6.07, 6.45) is 7.16. The summed E-state index contributed by atoms with van der Waals surface area (Å²) in [7, 11) is 1.83. The van der Waals surface area contributed by atoms with Crippen molar-refractivity contribution in [2.24, 2.45) is 7.05 Å². The number of nitriles is 1. The fourth-order valence-corrected chi connectivity index (χ4v) is 3.06. The molecule has 0 aliphatic carbocycles. The lowest BCUT2D eigenvalue weighted by Crippen LogP contribution is -2.23. The Kier molecular flexibility index (Phi) is 4.40. The summed E-state index contributed by atoms with van der Waals surface area (Å²) in [6.45, 7) is 1.18. The molecule has 0 saturated carbocycles. The molecule has 0 unspecified atom stereocenters. The van der Waals surface area contributed by atoms with E-state index in [-0.39, 0.29) is 6.10 Å². The molecule has 1 atom stereocenters. The predicted molar refractivity (Wildman–Crippen MR) is 99.3 cm³/mol. The van der Waals surface area contributed by atoms with Gasteiger partial charge in [0.1, 0.15) is 11.9 Å². The van der Waals surface area contributed by atoms with E-state index >= 15 is 0 Å². The number of rotatable bonds is 4. The molecule has 0 spiro atoms. The van der Waals surface area contributed by atoms with E-state index in [0.717, 1.165) is 11.3 Å². The van der Waals surface area contributed by atoms with Crippen LogP contribution in [-0.2, 0) is 7.05 Å². The summed E-state index contributed by atoms with van der Waals surface area (Å²) < 4.78 is 1.68. The largest absolute Gasteiger partial charge is 0.391 e. The van der Waals surface area contributed by atoms with Crippen molar-refractivity contribution >= 4 is 17.5 Å². The Morgan fingerprint density at radius 2 is 2.22 bits per heavy atom. The highest BCUT2D eigenvalue weighted by molar-refractivity contribution is 5.67. The second-order valence-electron chi connectivity index (χ2n) is 6.39. The fourth-order valence-electron chi connectivity index (χ4n) is 3.06. The molecule has 0 bridgehead atoms. The molecule has 1 aliphatic rings. The third kappa shape index (κ3) is 3.56. The normalized spacial score (nSPS) is 16.3. The minimum Gasteiger partial charge on any atom is -0.391 e. The molecule has 1 saturated heterocycles. The monoisotopic (exact) mass is 362 g/mol. The lowest BCUT2D eigenvalue weighted by molar-refractivity contribution is 0.198. The highest BCUT2D eigenvalue weighted by Crippen LogP contribution is 2.26. The Balaban J connectivity index is 1.61. The summed E-state index contributed by atoms with van der Waals surface area (Å²) in [6, 6.07) is 5.74. The average molecular weight is 362 g/mol. The van der Waals surface area contributed by atoms with Crippen molar-refractivity contribution in [1.82, 2.24) is 24.7 Å². The van der Waals surface area contributed by atoms with Gasteiger partial charge < -0.3 is 15.3 Å². The molecule has 3 aromatic heterocycles. The van der Waals surface area contributed by atoms with Gasteiger partial charge in [-0.25, -0.2) is 15.0 Å². The first kappa shape index (κ1) is 16.9. The first-order chi connectivity index (χ1) is 13.1. The average Bonchev–Trinajstić information content (AvgIpc) is 3.29. The third-order valence-electron chi connectivity index (χ3n) is 4.36. The van der Waals surface area contributed by atoms with E-state index < -0.39 is 0 Å². The number of nitrogens with zero attached hydrogens (tertiary/aromatic N) is 7. The Hall–Kier alpha value is -3.51. The fraction of sp³-hybridized carbons (Fsp3) is 0.278. The van der Waals surface area contributed by atoms with Gasteiger partial charge in [-0.2, -0.15) is 10.4 Å². The highest BCUT2D eigenvalue weighted by atomic mass is 16.3. The summed E-state index contributed by atoms with van der Waals surface area (Å²) in [5.41, 5.74) is 2.63. The quantitative estimate of drug-likeness (QED) is 0.716. The summed E-state index contributed by atoms with van der Waals surface area (Å²) >= 11 is 0. The summed E-state index contributed by atoms with van der Waals surface area (Å²) in [5, 5.41) is 26.5. The van der Waals surface area contributed by atoms with Crippen molar-refractivity contribution < 1.29 is 5.11 Å². The first-order valence-electron chi connectivity index (χ1n) is 8.54. The van der Waals surface area contributed by atoms with E-state index in [2.05, 4.69) is 31.4 Å². The van der Waals surface area contributed by atoms with E-state index in [4.69, 9.17) is 0 Å². The van der Waals surface area contributed by atoms with Crippen LogP contribution in [0.5, 0.6) is 0 Å². The Morgan fingerprint density at radius 3 is 2.93 bits per heavy atom. The molecule has 0 aromatic carbocycles. The van der Waals surface area contributed by atoms with Crippen LogP contribution < -0.4 is 10.2 Å². The van der Waals surface area contributed by atoms with Gasteiger partial charge in [-0.1, -0.05) is 0 Å². The number of aromatic nitrogens is 5. The number of aliphatic hydroxyl groups is 1. The lowest BCUT2D eigenvalue weighted by atomic mass is 10.1. The zero-order valence-electron chi connectivity index (χ0n) is 14.7. The summed E-state index contributed by atoms with van der Waals surface area (Å²) in [4.78, 5) is 15.1. The molecule has 2 N–H and O–H groups in total. The SMILES string of the molecule is Cn1cc(Nc2nccc(-c3cnc(N4CC[C@H](O)C4)c(C#N)c3)n2)cn1. The van der Waals surface area contributed by atoms with Gasteiger partial charge in [0.25, 0.3) is 0 Å². The van der Waals surface area contributed by atoms with Gasteiger partial charge in [-0.15, -0.1) is 0 Å². The number of aliphatic hydroxyl groups excluding tert-OH is 1. The zero-order chi connectivity index (χ0) is 18.8. The maximum atomic E-state index is 9.73. The van der Waals surface area contributed by atoms with Crippen LogP contribution in [0.25, 0.3) is 11.3 Å². The van der Waals surface area contributed by atoms with Crippen molar-refractivity contribution in [2.75, 3.05) is 23.3 Å². The molecular formula is C18H18N8O. The van der Waals surface area contributed by atoms with Crippen LogP contribution in [0, 0.1) is 11.3 Å². The first-order valence-corrected chi connectivity index (χ1v) is 8.54. The standard InChI is InChI=1S/C18H18N8O/c1-25-10-14(9-22-25)23-18-20-4-2-16(24-18)13-6-12(7-19)17(21-8-13)26-5-3-15(27)11-26/h2,4,6,8-10,15,27H,3,5,11H2,1H3,(H,20,23,24)/t15-/m0/s1. The number of β-amino-alcohol motifs (C(OH)–C–C–N with tert-alkyl or cyclic N) is 1. The van der Waals surface area contributed by atoms with E-state index in [1.807, 2.05) is 18.1 Å². The van der Waals surface area contributed by atoms with Gasteiger partial charge in [-0.05, 0) is 18.6 Å². The Labute approximate surface area is 155 Å². The molecule has 136 valence electrons. The van der Waals surface area contributed by atoms with Crippen LogP contribution in [0.15, 0.2) is 36.9 Å². The molecular weight excluding hydrogens is 344 g/mol. The van der Waals surface area contributed by atoms with Gasteiger partial charge >= 0.3 is 0 Å². The van der Waals surface area contributed by atoms with E-state index in [1.54, 1.807) is 35.4 Å². The number of pyridine rings is 1. The van der Waals surface area contributed by atoms with Crippen molar-refractivity contribution in [1.29, 1.82) is 5.26 Å². The Bertz CT molecular complexity index is 1010. The van der Waals surface area contributed by atoms with Crippen LogP contribution in [-0.4, -0.2) is 49.0 Å². The molecule has 0 amide bonds. The van der Waals surface area contributed by atoms with Crippen molar-refractivity contribution in [3.05, 3.63) is 42.5 Å². The topological polar surface area (TPSA) is 116 Å². The molecule has 4 rings (SSSR count). The van der Waals surface area contributed by atoms with Gasteiger partial charge in [0.2, 0.25) is 5.95 Å². The van der Waals surface area contributed by atoms with Crippen LogP contribution in [0.3, 0.4) is 0 Å². The number of anilines is 3. The molecule has 9 heteroatoms. The minimum absolute atomic E-state index is 0.374. The summed E-state index contributed by atoms with van der Waals surface area (Å²) in [5.74, 6) is 1.03. The number of aryl methyl sites for hydroxylation is 1. The van der Waals surface area contributed by atoms with Gasteiger partial charge in [0.15, 0.2) is 0 Å². The van der Waals surface area contributed by atoms with Gasteiger partial charge in [0, 0.05) is 44.3 Å². The van der Waals surface area contributed by atoms with E-state index in [1.165, 1.54) is 0 Å². The van der Waals surface area contributed by atoms with Crippen molar-refractivity contribution in [2.45, 2.75) is 12.5 Å². The maximum Gasteiger partial charge on any atom is 0.227 e. The Morgan fingerprint density at radius 1 is 1.33 bits per heavy atom. The van der Waals surface area contributed by atoms with E-state index in [0.29, 0.717) is 42.5 Å². The lowest BCUT2D eigenvalue weighted by Gasteiger charge is -2.18.